The summed E-state index contributed by atoms with van der Waals surface area (Å²) < 4.78 is 0. The van der Waals surface area contributed by atoms with Crippen LogP contribution in [0.25, 0.3) is 0 Å². The van der Waals surface area contributed by atoms with Gasteiger partial charge in [-0.2, -0.15) is 0 Å². The van der Waals surface area contributed by atoms with Gasteiger partial charge in [0, 0.05) is 19.5 Å². The van der Waals surface area contributed by atoms with Crippen molar-refractivity contribution in [3.8, 4) is 0 Å². The second-order valence-electron chi connectivity index (χ2n) is 3.30. The van der Waals surface area contributed by atoms with E-state index in [-0.39, 0.29) is 19.5 Å². The second kappa shape index (κ2) is 11.4. The predicted octanol–water partition coefficient (Wildman–Crippen LogP) is 4.36. The van der Waals surface area contributed by atoms with Gasteiger partial charge in [-0.3, -0.25) is 0 Å². The molecule has 0 bridgehead atoms. The quantitative estimate of drug-likeness (QED) is 0.622. The Hall–Kier alpha value is -0.677. The Bertz CT molecular complexity index is 221. The Kier molecular flexibility index (Phi) is 10.9. The molecule has 0 aliphatic heterocycles. The summed E-state index contributed by atoms with van der Waals surface area (Å²) in [7, 11) is 0. The van der Waals surface area contributed by atoms with E-state index in [1.165, 1.54) is 25.7 Å². The van der Waals surface area contributed by atoms with E-state index in [9.17, 15) is 0 Å². The van der Waals surface area contributed by atoms with Crippen LogP contribution < -0.4 is 0 Å². The van der Waals surface area contributed by atoms with Gasteiger partial charge in [-0.25, -0.2) is 0 Å². The zero-order valence-corrected chi connectivity index (χ0v) is 10.7. The van der Waals surface area contributed by atoms with Gasteiger partial charge < -0.3 is 0 Å². The standard InChI is InChI=1S/C8H12.C6H6.Ru/c1-2-4-6-8-7-5-3-1;1-2-4-6-5-3-1;/h1-4H,5-8H2;1-6H;. The van der Waals surface area contributed by atoms with E-state index in [0.29, 0.717) is 0 Å². The van der Waals surface area contributed by atoms with Gasteiger partial charge in [0.05, 0.1) is 0 Å². The van der Waals surface area contributed by atoms with Crippen LogP contribution in [0, 0.1) is 0 Å². The van der Waals surface area contributed by atoms with Crippen LogP contribution >= 0.6 is 0 Å². The van der Waals surface area contributed by atoms with Crippen molar-refractivity contribution in [2.24, 2.45) is 0 Å². The minimum atomic E-state index is 0. The third-order valence-electron chi connectivity index (χ3n) is 2.04. The van der Waals surface area contributed by atoms with E-state index in [0.717, 1.165) is 0 Å². The molecule has 0 atom stereocenters. The smallest absolute Gasteiger partial charge is 0 e. The van der Waals surface area contributed by atoms with Crippen molar-refractivity contribution in [2.75, 3.05) is 0 Å². The third-order valence-corrected chi connectivity index (χ3v) is 2.04. The van der Waals surface area contributed by atoms with E-state index in [1.807, 2.05) is 36.4 Å². The van der Waals surface area contributed by atoms with Crippen LogP contribution in [0.1, 0.15) is 25.7 Å². The SMILES string of the molecule is C1=CCCCCC=C1.[Ru].c1ccccc1. The molecule has 1 aromatic rings. The fraction of sp³-hybridized carbons (Fsp3) is 0.286. The molecule has 2 rings (SSSR count). The summed E-state index contributed by atoms with van der Waals surface area (Å²) in [6, 6.07) is 12.0. The molecule has 15 heavy (non-hydrogen) atoms. The molecule has 1 aromatic carbocycles. The fourth-order valence-electron chi connectivity index (χ4n) is 1.26. The third kappa shape index (κ3) is 9.62. The molecular weight excluding hydrogens is 269 g/mol. The van der Waals surface area contributed by atoms with Gasteiger partial charge in [0.1, 0.15) is 0 Å². The van der Waals surface area contributed by atoms with E-state index in [2.05, 4.69) is 24.3 Å². The fourth-order valence-corrected chi connectivity index (χ4v) is 1.26. The van der Waals surface area contributed by atoms with Crippen molar-refractivity contribution in [1.29, 1.82) is 0 Å². The minimum Gasteiger partial charge on any atom is -0.0845 e. The van der Waals surface area contributed by atoms with Crippen molar-refractivity contribution < 1.29 is 19.5 Å². The van der Waals surface area contributed by atoms with E-state index >= 15 is 0 Å². The van der Waals surface area contributed by atoms with Gasteiger partial charge in [0.25, 0.3) is 0 Å². The van der Waals surface area contributed by atoms with Crippen molar-refractivity contribution in [1.82, 2.24) is 0 Å². The predicted molar refractivity (Wildman–Crippen MR) is 63.2 cm³/mol. The molecule has 0 spiro atoms. The molecule has 0 N–H and O–H groups in total. The number of benzene rings is 1. The van der Waals surface area contributed by atoms with Crippen LogP contribution in [0.5, 0.6) is 0 Å². The average molecular weight is 287 g/mol. The van der Waals surface area contributed by atoms with Crippen LogP contribution in [0.15, 0.2) is 60.7 Å². The van der Waals surface area contributed by atoms with Crippen molar-refractivity contribution >= 4 is 0 Å². The Morgan fingerprint density at radius 2 is 0.867 bits per heavy atom. The summed E-state index contributed by atoms with van der Waals surface area (Å²) in [5.74, 6) is 0. The second-order valence-corrected chi connectivity index (χ2v) is 3.30. The van der Waals surface area contributed by atoms with Crippen LogP contribution in [-0.2, 0) is 19.5 Å². The zero-order chi connectivity index (χ0) is 9.90. The van der Waals surface area contributed by atoms with E-state index < -0.39 is 0 Å². The number of hydrogen-bond acceptors (Lipinski definition) is 0. The topological polar surface area (TPSA) is 0 Å². The van der Waals surface area contributed by atoms with Gasteiger partial charge in [-0.15, -0.1) is 0 Å². The van der Waals surface area contributed by atoms with Crippen LogP contribution in [0.2, 0.25) is 0 Å². The summed E-state index contributed by atoms with van der Waals surface area (Å²) in [5.41, 5.74) is 0. The molecule has 0 heterocycles. The summed E-state index contributed by atoms with van der Waals surface area (Å²) >= 11 is 0. The van der Waals surface area contributed by atoms with Gasteiger partial charge >= 0.3 is 0 Å². The molecule has 0 saturated carbocycles. The number of hydrogen-bond donors (Lipinski definition) is 0. The Balaban J connectivity index is 0.000000253. The van der Waals surface area contributed by atoms with E-state index in [4.69, 9.17) is 0 Å². The van der Waals surface area contributed by atoms with Gasteiger partial charge in [-0.05, 0) is 25.7 Å². The summed E-state index contributed by atoms with van der Waals surface area (Å²) in [6.07, 6.45) is 14.0. The largest absolute Gasteiger partial charge is 0.0845 e. The molecule has 82 valence electrons. The Morgan fingerprint density at radius 1 is 0.533 bits per heavy atom. The Labute approximate surface area is 106 Å². The maximum atomic E-state index is 2.23. The summed E-state index contributed by atoms with van der Waals surface area (Å²) in [5, 5.41) is 0. The summed E-state index contributed by atoms with van der Waals surface area (Å²) in [6.45, 7) is 0. The maximum Gasteiger partial charge on any atom is 0 e. The molecule has 0 fully saturated rings. The monoisotopic (exact) mass is 288 g/mol. The summed E-state index contributed by atoms with van der Waals surface area (Å²) in [4.78, 5) is 0. The Morgan fingerprint density at radius 3 is 1.20 bits per heavy atom. The molecule has 0 unspecified atom stereocenters. The first-order valence-electron chi connectivity index (χ1n) is 5.32. The van der Waals surface area contributed by atoms with Crippen molar-refractivity contribution in [3.05, 3.63) is 60.7 Å². The van der Waals surface area contributed by atoms with E-state index in [1.54, 1.807) is 0 Å². The molecule has 1 aliphatic carbocycles. The van der Waals surface area contributed by atoms with Gasteiger partial charge in [0.2, 0.25) is 0 Å². The molecule has 1 aliphatic rings. The first kappa shape index (κ1) is 14.3. The van der Waals surface area contributed by atoms with Crippen molar-refractivity contribution in [2.45, 2.75) is 25.7 Å². The van der Waals surface area contributed by atoms with Crippen molar-refractivity contribution in [3.63, 3.8) is 0 Å². The number of allylic oxidation sites excluding steroid dienone is 4. The number of rotatable bonds is 0. The molecule has 0 saturated heterocycles. The van der Waals surface area contributed by atoms with Crippen LogP contribution in [0.4, 0.5) is 0 Å². The molecule has 0 radical (unpaired) electrons. The molecular formula is C14H18Ru. The minimum absolute atomic E-state index is 0. The zero-order valence-electron chi connectivity index (χ0n) is 8.96. The average Bonchev–Trinajstić information content (AvgIpc) is 2.20. The first-order valence-corrected chi connectivity index (χ1v) is 5.32. The van der Waals surface area contributed by atoms with Gasteiger partial charge in [0.15, 0.2) is 0 Å². The van der Waals surface area contributed by atoms with Gasteiger partial charge in [-0.1, -0.05) is 60.7 Å². The first-order chi connectivity index (χ1) is 7.00. The normalized spacial score (nSPS) is 13.9. The molecule has 0 aromatic heterocycles. The van der Waals surface area contributed by atoms with Crippen LogP contribution in [0.3, 0.4) is 0 Å². The molecule has 0 amide bonds. The molecule has 1 heteroatoms. The van der Waals surface area contributed by atoms with Crippen LogP contribution in [-0.4, -0.2) is 0 Å². The molecule has 0 nitrogen and oxygen atoms in total. The maximum absolute atomic E-state index is 2.23.